The maximum atomic E-state index is 13.2. The van der Waals surface area contributed by atoms with Crippen molar-refractivity contribution in [2.75, 3.05) is 13.1 Å². The lowest BCUT2D eigenvalue weighted by Crippen LogP contribution is -2.45. The van der Waals surface area contributed by atoms with Crippen molar-refractivity contribution in [2.24, 2.45) is 0 Å². The molecule has 2 aromatic heterocycles. The van der Waals surface area contributed by atoms with Crippen LogP contribution in [0.15, 0.2) is 41.3 Å². The first-order valence-corrected chi connectivity index (χ1v) is 12.5. The van der Waals surface area contributed by atoms with Gasteiger partial charge in [0.05, 0.1) is 11.6 Å². The lowest BCUT2D eigenvalue weighted by molar-refractivity contribution is -0.121. The standard InChI is InChI=1S/C27H37N5O2/c1-19-10-8-11-20(2)30(19)15-9-14-28-25(33)18-32-27(34)26-22(4)31(21(3)24(26)16-29-32)17-23-12-6-5-7-13-23/h5-7,12-13,16,19-20H,8-11,14-15,17-18H2,1-4H3,(H,28,33)/t19-,20-/m0/s1. The van der Waals surface area contributed by atoms with Crippen molar-refractivity contribution in [3.63, 3.8) is 0 Å². The maximum absolute atomic E-state index is 13.2. The average molecular weight is 464 g/mol. The van der Waals surface area contributed by atoms with E-state index >= 15 is 0 Å². The van der Waals surface area contributed by atoms with Crippen LogP contribution in [-0.4, -0.2) is 50.3 Å². The molecule has 1 N–H and O–H groups in total. The molecule has 1 fully saturated rings. The second-order valence-corrected chi connectivity index (χ2v) is 9.71. The van der Waals surface area contributed by atoms with Gasteiger partial charge in [0.15, 0.2) is 0 Å². The topological polar surface area (TPSA) is 72.2 Å². The summed E-state index contributed by atoms with van der Waals surface area (Å²) in [6.45, 7) is 10.8. The largest absolute Gasteiger partial charge is 0.354 e. The highest BCUT2D eigenvalue weighted by atomic mass is 16.2. The van der Waals surface area contributed by atoms with E-state index in [1.807, 2.05) is 32.0 Å². The summed E-state index contributed by atoms with van der Waals surface area (Å²) < 4.78 is 3.43. The molecule has 0 radical (unpaired) electrons. The van der Waals surface area contributed by atoms with Crippen molar-refractivity contribution in [1.29, 1.82) is 0 Å². The third-order valence-electron chi connectivity index (χ3n) is 7.37. The maximum Gasteiger partial charge on any atom is 0.276 e. The molecule has 1 aliphatic heterocycles. The van der Waals surface area contributed by atoms with Crippen molar-refractivity contribution in [2.45, 2.75) is 78.6 Å². The molecule has 1 amide bonds. The van der Waals surface area contributed by atoms with E-state index in [0.29, 0.717) is 30.6 Å². The van der Waals surface area contributed by atoms with E-state index in [2.05, 4.69) is 45.9 Å². The second kappa shape index (κ2) is 10.6. The molecule has 0 bridgehead atoms. The van der Waals surface area contributed by atoms with Crippen LogP contribution < -0.4 is 10.9 Å². The molecule has 1 saturated heterocycles. The molecule has 7 heteroatoms. The van der Waals surface area contributed by atoms with Crippen LogP contribution in [0.2, 0.25) is 0 Å². The zero-order valence-electron chi connectivity index (χ0n) is 20.9. The summed E-state index contributed by atoms with van der Waals surface area (Å²) in [5.74, 6) is -0.174. The molecule has 0 aliphatic carbocycles. The fourth-order valence-electron chi connectivity index (χ4n) is 5.36. The van der Waals surface area contributed by atoms with Crippen LogP contribution in [0.4, 0.5) is 0 Å². The lowest BCUT2D eigenvalue weighted by Gasteiger charge is -2.39. The number of aryl methyl sites for hydroxylation is 2. The van der Waals surface area contributed by atoms with E-state index < -0.39 is 0 Å². The molecule has 1 aliphatic rings. The Morgan fingerprint density at radius 3 is 2.50 bits per heavy atom. The number of amides is 1. The average Bonchev–Trinajstić information content (AvgIpc) is 3.06. The predicted molar refractivity (Wildman–Crippen MR) is 136 cm³/mol. The SMILES string of the molecule is Cc1c2cnn(CC(=O)NCCCN3[C@@H](C)CCC[C@@H]3C)c(=O)c2c(C)n1Cc1ccccc1. The molecular weight excluding hydrogens is 426 g/mol. The molecule has 3 heterocycles. The molecule has 7 nitrogen and oxygen atoms in total. The number of hydrogen-bond acceptors (Lipinski definition) is 4. The summed E-state index contributed by atoms with van der Waals surface area (Å²) in [6.07, 6.45) is 6.42. The highest BCUT2D eigenvalue weighted by Crippen LogP contribution is 2.23. The number of piperidine rings is 1. The summed E-state index contributed by atoms with van der Waals surface area (Å²) in [7, 11) is 0. The molecular formula is C27H37N5O2. The van der Waals surface area contributed by atoms with Gasteiger partial charge in [-0.2, -0.15) is 5.10 Å². The Kier molecular flexibility index (Phi) is 7.51. The summed E-state index contributed by atoms with van der Waals surface area (Å²) in [6, 6.07) is 11.4. The Morgan fingerprint density at radius 1 is 1.09 bits per heavy atom. The molecule has 34 heavy (non-hydrogen) atoms. The molecule has 182 valence electrons. The van der Waals surface area contributed by atoms with Gasteiger partial charge in [-0.3, -0.25) is 14.5 Å². The molecule has 4 rings (SSSR count). The Hall–Kier alpha value is -2.93. The van der Waals surface area contributed by atoms with Crippen molar-refractivity contribution in [3.05, 3.63) is 63.8 Å². The number of rotatable bonds is 8. The van der Waals surface area contributed by atoms with Gasteiger partial charge in [-0.05, 0) is 52.5 Å². The van der Waals surface area contributed by atoms with Crippen LogP contribution in [0.5, 0.6) is 0 Å². The van der Waals surface area contributed by atoms with Crippen LogP contribution in [-0.2, 0) is 17.9 Å². The van der Waals surface area contributed by atoms with Crippen molar-refractivity contribution < 1.29 is 4.79 Å². The van der Waals surface area contributed by atoms with Gasteiger partial charge in [-0.15, -0.1) is 0 Å². The van der Waals surface area contributed by atoms with Crippen molar-refractivity contribution in [3.8, 4) is 0 Å². The fraction of sp³-hybridized carbons (Fsp3) is 0.519. The number of nitrogens with one attached hydrogen (secondary N) is 1. The number of nitrogens with zero attached hydrogens (tertiary/aromatic N) is 4. The van der Waals surface area contributed by atoms with Crippen LogP contribution >= 0.6 is 0 Å². The van der Waals surface area contributed by atoms with E-state index in [1.54, 1.807) is 6.20 Å². The first-order chi connectivity index (χ1) is 16.4. The van der Waals surface area contributed by atoms with Crippen LogP contribution in [0.25, 0.3) is 10.8 Å². The summed E-state index contributed by atoms with van der Waals surface area (Å²) in [5.41, 5.74) is 2.88. The number of carbonyl (C=O) groups is 1. The molecule has 3 aromatic rings. The molecule has 0 spiro atoms. The minimum Gasteiger partial charge on any atom is -0.354 e. The number of likely N-dealkylation sites (tertiary alicyclic amines) is 1. The second-order valence-electron chi connectivity index (χ2n) is 9.71. The zero-order valence-corrected chi connectivity index (χ0v) is 20.9. The lowest BCUT2D eigenvalue weighted by atomic mass is 9.97. The van der Waals surface area contributed by atoms with E-state index in [4.69, 9.17) is 0 Å². The Bertz CT molecular complexity index is 1190. The van der Waals surface area contributed by atoms with E-state index in [1.165, 1.54) is 29.5 Å². The molecule has 0 unspecified atom stereocenters. The van der Waals surface area contributed by atoms with Crippen molar-refractivity contribution in [1.82, 2.24) is 24.6 Å². The zero-order chi connectivity index (χ0) is 24.2. The quantitative estimate of drug-likeness (QED) is 0.518. The van der Waals surface area contributed by atoms with Gasteiger partial charge in [0.25, 0.3) is 5.56 Å². The van der Waals surface area contributed by atoms with Gasteiger partial charge < -0.3 is 9.88 Å². The number of carbonyl (C=O) groups excluding carboxylic acids is 1. The number of aromatic nitrogens is 3. The number of benzene rings is 1. The molecule has 0 saturated carbocycles. The highest BCUT2D eigenvalue weighted by Gasteiger charge is 2.24. The molecule has 1 aromatic carbocycles. The van der Waals surface area contributed by atoms with Gasteiger partial charge in [-0.25, -0.2) is 4.68 Å². The minimum absolute atomic E-state index is 0.0619. The number of fused-ring (bicyclic) bond motifs is 1. The Morgan fingerprint density at radius 2 is 1.79 bits per heavy atom. The van der Waals surface area contributed by atoms with E-state index in [9.17, 15) is 9.59 Å². The van der Waals surface area contributed by atoms with Crippen molar-refractivity contribution >= 4 is 16.7 Å². The first kappa shape index (κ1) is 24.2. The summed E-state index contributed by atoms with van der Waals surface area (Å²) in [4.78, 5) is 28.3. The van der Waals surface area contributed by atoms with E-state index in [0.717, 1.165) is 29.7 Å². The first-order valence-electron chi connectivity index (χ1n) is 12.5. The summed E-state index contributed by atoms with van der Waals surface area (Å²) >= 11 is 0. The van der Waals surface area contributed by atoms with E-state index in [-0.39, 0.29) is 18.0 Å². The monoisotopic (exact) mass is 463 g/mol. The number of hydrogen-bond donors (Lipinski definition) is 1. The van der Waals surface area contributed by atoms with Gasteiger partial charge in [-0.1, -0.05) is 36.8 Å². The van der Waals surface area contributed by atoms with Crippen LogP contribution in [0, 0.1) is 13.8 Å². The van der Waals surface area contributed by atoms with Gasteiger partial charge in [0, 0.05) is 48.5 Å². The third kappa shape index (κ3) is 5.09. The molecule has 2 atom stereocenters. The Balaban J connectivity index is 1.40. The van der Waals surface area contributed by atoms with Crippen LogP contribution in [0.1, 0.15) is 56.5 Å². The van der Waals surface area contributed by atoms with Gasteiger partial charge in [0.2, 0.25) is 5.91 Å². The smallest absolute Gasteiger partial charge is 0.276 e. The summed E-state index contributed by atoms with van der Waals surface area (Å²) in [5, 5.41) is 8.77. The van der Waals surface area contributed by atoms with Crippen LogP contribution in [0.3, 0.4) is 0 Å². The third-order valence-corrected chi connectivity index (χ3v) is 7.37. The normalized spacial score (nSPS) is 18.9. The predicted octanol–water partition coefficient (Wildman–Crippen LogP) is 3.63. The van der Waals surface area contributed by atoms with Gasteiger partial charge in [0.1, 0.15) is 6.54 Å². The minimum atomic E-state index is -0.212. The van der Waals surface area contributed by atoms with Gasteiger partial charge >= 0.3 is 0 Å². The highest BCUT2D eigenvalue weighted by molar-refractivity contribution is 5.87. The Labute approximate surface area is 201 Å². The fourth-order valence-corrected chi connectivity index (χ4v) is 5.36.